The molecule has 162 valence electrons. The molecule has 33 heavy (non-hydrogen) atoms. The maximum absolute atomic E-state index is 12.9. The topological polar surface area (TPSA) is 78.9 Å². The smallest absolute Gasteiger partial charge is 0.344 e. The number of carbonyl (C=O) groups excluding carboxylic acids is 3. The van der Waals surface area contributed by atoms with Crippen LogP contribution in [0.25, 0.3) is 0 Å². The van der Waals surface area contributed by atoms with Crippen LogP contribution in [0.5, 0.6) is 17.2 Å². The van der Waals surface area contributed by atoms with Crippen molar-refractivity contribution >= 4 is 17.9 Å². The van der Waals surface area contributed by atoms with Crippen molar-refractivity contribution in [2.75, 3.05) is 0 Å². The van der Waals surface area contributed by atoms with Crippen molar-refractivity contribution in [3.05, 3.63) is 126 Å². The van der Waals surface area contributed by atoms with E-state index in [9.17, 15) is 14.4 Å². The molecule has 0 heterocycles. The van der Waals surface area contributed by atoms with E-state index in [1.807, 2.05) is 0 Å². The SMILES string of the molecule is O=C(Oc1ccc(C(=O)Oc2ccccc2)c(C(=O)Oc2ccccc2)c1)c1ccccc1. The van der Waals surface area contributed by atoms with Gasteiger partial charge in [0.05, 0.1) is 16.7 Å². The van der Waals surface area contributed by atoms with Crippen LogP contribution in [-0.4, -0.2) is 17.9 Å². The number of hydrogen-bond acceptors (Lipinski definition) is 6. The Morgan fingerprint density at radius 1 is 0.424 bits per heavy atom. The van der Waals surface area contributed by atoms with Gasteiger partial charge in [-0.2, -0.15) is 0 Å². The first kappa shape index (κ1) is 21.5. The molecule has 0 aliphatic heterocycles. The van der Waals surface area contributed by atoms with Gasteiger partial charge >= 0.3 is 17.9 Å². The van der Waals surface area contributed by atoms with Crippen molar-refractivity contribution in [1.29, 1.82) is 0 Å². The van der Waals surface area contributed by atoms with Crippen LogP contribution in [0.15, 0.2) is 109 Å². The Morgan fingerprint density at radius 2 is 0.879 bits per heavy atom. The molecule has 6 heteroatoms. The number of carbonyl (C=O) groups is 3. The summed E-state index contributed by atoms with van der Waals surface area (Å²) in [5, 5.41) is 0. The molecule has 0 atom stereocenters. The van der Waals surface area contributed by atoms with E-state index in [4.69, 9.17) is 14.2 Å². The largest absolute Gasteiger partial charge is 0.423 e. The molecule has 0 N–H and O–H groups in total. The summed E-state index contributed by atoms with van der Waals surface area (Å²) >= 11 is 0. The highest BCUT2D eigenvalue weighted by atomic mass is 16.5. The van der Waals surface area contributed by atoms with Crippen LogP contribution >= 0.6 is 0 Å². The Hall–Kier alpha value is -4.71. The van der Waals surface area contributed by atoms with Crippen LogP contribution in [0.3, 0.4) is 0 Å². The van der Waals surface area contributed by atoms with Gasteiger partial charge in [0.25, 0.3) is 0 Å². The third kappa shape index (κ3) is 5.51. The Bertz CT molecular complexity index is 1270. The normalized spacial score (nSPS) is 10.2. The van der Waals surface area contributed by atoms with Crippen molar-refractivity contribution in [3.8, 4) is 17.2 Å². The summed E-state index contributed by atoms with van der Waals surface area (Å²) in [7, 11) is 0. The lowest BCUT2D eigenvalue weighted by atomic mass is 10.1. The molecule has 0 bridgehead atoms. The molecule has 0 saturated carbocycles. The van der Waals surface area contributed by atoms with Gasteiger partial charge in [0.1, 0.15) is 17.2 Å². The van der Waals surface area contributed by atoms with Crippen molar-refractivity contribution in [3.63, 3.8) is 0 Å². The standard InChI is InChI=1S/C27H18O6/c28-25(19-10-4-1-5-11-19)33-22-16-17-23(26(29)31-20-12-6-2-7-13-20)24(18-22)27(30)32-21-14-8-3-9-15-21/h1-18H. The van der Waals surface area contributed by atoms with Gasteiger partial charge in [-0.3, -0.25) is 0 Å². The van der Waals surface area contributed by atoms with Gasteiger partial charge in [0.15, 0.2) is 0 Å². The monoisotopic (exact) mass is 438 g/mol. The minimum absolute atomic E-state index is 0.0284. The molecule has 0 spiro atoms. The molecular weight excluding hydrogens is 420 g/mol. The van der Waals surface area contributed by atoms with Gasteiger partial charge in [-0.15, -0.1) is 0 Å². The fraction of sp³-hybridized carbons (Fsp3) is 0. The van der Waals surface area contributed by atoms with E-state index in [1.54, 1.807) is 91.0 Å². The molecule has 4 aromatic rings. The third-order valence-electron chi connectivity index (χ3n) is 4.56. The van der Waals surface area contributed by atoms with E-state index in [1.165, 1.54) is 18.2 Å². The molecule has 0 unspecified atom stereocenters. The second-order valence-electron chi connectivity index (χ2n) is 6.87. The van der Waals surface area contributed by atoms with Crippen LogP contribution in [0.4, 0.5) is 0 Å². The van der Waals surface area contributed by atoms with Crippen LogP contribution in [-0.2, 0) is 0 Å². The molecule has 0 aliphatic carbocycles. The number of para-hydroxylation sites is 2. The average molecular weight is 438 g/mol. The zero-order valence-corrected chi connectivity index (χ0v) is 17.3. The first-order valence-electron chi connectivity index (χ1n) is 10.1. The summed E-state index contributed by atoms with van der Waals surface area (Å²) in [6, 6.07) is 29.4. The molecule has 0 amide bonds. The number of benzene rings is 4. The number of esters is 3. The van der Waals surface area contributed by atoms with Gasteiger partial charge in [-0.25, -0.2) is 14.4 Å². The van der Waals surface area contributed by atoms with Gasteiger partial charge in [-0.05, 0) is 54.6 Å². The van der Waals surface area contributed by atoms with E-state index in [0.717, 1.165) is 0 Å². The lowest BCUT2D eigenvalue weighted by molar-refractivity contribution is 0.0689. The average Bonchev–Trinajstić information content (AvgIpc) is 2.85. The van der Waals surface area contributed by atoms with Crippen molar-refractivity contribution in [2.24, 2.45) is 0 Å². The van der Waals surface area contributed by atoms with Gasteiger partial charge in [0.2, 0.25) is 0 Å². The quantitative estimate of drug-likeness (QED) is 0.299. The zero-order chi connectivity index (χ0) is 23.0. The fourth-order valence-corrected chi connectivity index (χ4v) is 2.98. The van der Waals surface area contributed by atoms with E-state index in [-0.39, 0.29) is 16.9 Å². The first-order chi connectivity index (χ1) is 16.1. The predicted octanol–water partition coefficient (Wildman–Crippen LogP) is 5.34. The van der Waals surface area contributed by atoms with Crippen LogP contribution in [0.1, 0.15) is 31.1 Å². The van der Waals surface area contributed by atoms with E-state index in [2.05, 4.69) is 0 Å². The summed E-state index contributed by atoms with van der Waals surface area (Å²) in [6.45, 7) is 0. The summed E-state index contributed by atoms with van der Waals surface area (Å²) in [5.74, 6) is -1.43. The number of ether oxygens (including phenoxy) is 3. The summed E-state index contributed by atoms with van der Waals surface area (Å²) < 4.78 is 16.2. The fourth-order valence-electron chi connectivity index (χ4n) is 2.98. The molecule has 4 rings (SSSR count). The van der Waals surface area contributed by atoms with Crippen molar-refractivity contribution in [1.82, 2.24) is 0 Å². The van der Waals surface area contributed by atoms with Crippen LogP contribution < -0.4 is 14.2 Å². The van der Waals surface area contributed by atoms with Crippen molar-refractivity contribution < 1.29 is 28.6 Å². The molecule has 6 nitrogen and oxygen atoms in total. The molecule has 4 aromatic carbocycles. The molecule has 0 saturated heterocycles. The Labute approximate surface area is 190 Å². The second kappa shape index (κ2) is 10.1. The predicted molar refractivity (Wildman–Crippen MR) is 121 cm³/mol. The molecule has 0 aromatic heterocycles. The first-order valence-corrected chi connectivity index (χ1v) is 10.1. The highest BCUT2D eigenvalue weighted by Gasteiger charge is 2.22. The number of rotatable bonds is 6. The minimum Gasteiger partial charge on any atom is -0.423 e. The molecular formula is C27H18O6. The van der Waals surface area contributed by atoms with Gasteiger partial charge < -0.3 is 14.2 Å². The lowest BCUT2D eigenvalue weighted by Gasteiger charge is -2.12. The summed E-state index contributed by atoms with van der Waals surface area (Å²) in [5.41, 5.74) is 0.218. The maximum atomic E-state index is 12.9. The minimum atomic E-state index is -0.793. The number of hydrogen-bond donors (Lipinski definition) is 0. The summed E-state index contributed by atoms with van der Waals surface area (Å²) in [6.07, 6.45) is 0. The molecule has 0 fully saturated rings. The third-order valence-corrected chi connectivity index (χ3v) is 4.56. The van der Waals surface area contributed by atoms with Crippen molar-refractivity contribution in [2.45, 2.75) is 0 Å². The van der Waals surface area contributed by atoms with E-state index in [0.29, 0.717) is 17.1 Å². The Kier molecular flexibility index (Phi) is 6.56. The highest BCUT2D eigenvalue weighted by molar-refractivity contribution is 6.05. The van der Waals surface area contributed by atoms with Gasteiger partial charge in [-0.1, -0.05) is 54.6 Å². The second-order valence-corrected chi connectivity index (χ2v) is 6.87. The van der Waals surface area contributed by atoms with Crippen LogP contribution in [0, 0.1) is 0 Å². The molecule has 0 aliphatic rings. The Morgan fingerprint density at radius 3 is 1.42 bits per heavy atom. The zero-order valence-electron chi connectivity index (χ0n) is 17.3. The summed E-state index contributed by atoms with van der Waals surface area (Å²) in [4.78, 5) is 38.2. The van der Waals surface area contributed by atoms with Gasteiger partial charge in [0, 0.05) is 0 Å². The molecule has 0 radical (unpaired) electrons. The lowest BCUT2D eigenvalue weighted by Crippen LogP contribution is -2.18. The van der Waals surface area contributed by atoms with Crippen LogP contribution in [0.2, 0.25) is 0 Å². The van der Waals surface area contributed by atoms with E-state index < -0.39 is 17.9 Å². The van der Waals surface area contributed by atoms with E-state index >= 15 is 0 Å². The maximum Gasteiger partial charge on any atom is 0.344 e. The Balaban J connectivity index is 1.64. The highest BCUT2D eigenvalue weighted by Crippen LogP contribution is 2.23.